The van der Waals surface area contributed by atoms with E-state index in [9.17, 15) is 0 Å². The van der Waals surface area contributed by atoms with Crippen LogP contribution in [0.5, 0.6) is 0 Å². The molecule has 0 fully saturated rings. The number of furan rings is 1. The van der Waals surface area contributed by atoms with Crippen LogP contribution in [0.4, 0.5) is 0 Å². The third kappa shape index (κ3) is 1.30. The summed E-state index contributed by atoms with van der Waals surface area (Å²) in [6, 6.07) is 1.96. The van der Waals surface area contributed by atoms with Crippen LogP contribution in [0.2, 0.25) is 0 Å². The van der Waals surface area contributed by atoms with Crippen LogP contribution in [-0.4, -0.2) is 0 Å². The highest BCUT2D eigenvalue weighted by molar-refractivity contribution is 7.80. The summed E-state index contributed by atoms with van der Waals surface area (Å²) in [6.45, 7) is 3.98. The van der Waals surface area contributed by atoms with Crippen LogP contribution < -0.4 is 0 Å². The monoisotopic (exact) mass is 142 g/mol. The van der Waals surface area contributed by atoms with Crippen molar-refractivity contribution in [3.8, 4) is 0 Å². The van der Waals surface area contributed by atoms with Gasteiger partial charge < -0.3 is 4.42 Å². The molecule has 1 aromatic rings. The van der Waals surface area contributed by atoms with E-state index in [2.05, 4.69) is 19.6 Å². The van der Waals surface area contributed by atoms with Gasteiger partial charge in [0.05, 0.1) is 0 Å². The molecule has 50 valence electrons. The maximum absolute atomic E-state index is 5.29. The summed E-state index contributed by atoms with van der Waals surface area (Å²) >= 11 is 4.18. The third-order valence-electron chi connectivity index (χ3n) is 1.29. The quantitative estimate of drug-likeness (QED) is 0.594. The first-order valence-corrected chi connectivity index (χ1v) is 3.47. The zero-order valence-electron chi connectivity index (χ0n) is 5.64. The molecule has 1 rings (SSSR count). The topological polar surface area (TPSA) is 13.1 Å². The highest BCUT2D eigenvalue weighted by atomic mass is 32.1. The lowest BCUT2D eigenvalue weighted by molar-refractivity contribution is 0.484. The van der Waals surface area contributed by atoms with Gasteiger partial charge in [0.1, 0.15) is 11.5 Å². The van der Waals surface area contributed by atoms with Crippen molar-refractivity contribution in [3.63, 3.8) is 0 Å². The van der Waals surface area contributed by atoms with Gasteiger partial charge in [0.25, 0.3) is 0 Å². The number of hydrogen-bond acceptors (Lipinski definition) is 2. The lowest BCUT2D eigenvalue weighted by Gasteiger charge is -1.83. The van der Waals surface area contributed by atoms with Gasteiger partial charge in [0.15, 0.2) is 0 Å². The minimum atomic E-state index is 0.912. The van der Waals surface area contributed by atoms with Crippen LogP contribution >= 0.6 is 12.6 Å². The van der Waals surface area contributed by atoms with E-state index in [4.69, 9.17) is 4.42 Å². The van der Waals surface area contributed by atoms with E-state index in [0.717, 1.165) is 22.8 Å². The fourth-order valence-electron chi connectivity index (χ4n) is 0.707. The van der Waals surface area contributed by atoms with Crippen molar-refractivity contribution in [3.05, 3.63) is 17.6 Å². The molecule has 0 saturated carbocycles. The van der Waals surface area contributed by atoms with E-state index in [1.165, 1.54) is 0 Å². The molecular formula is C7H10OS. The van der Waals surface area contributed by atoms with Gasteiger partial charge in [-0.2, -0.15) is 0 Å². The Kier molecular flexibility index (Phi) is 1.86. The first-order chi connectivity index (χ1) is 4.24. The van der Waals surface area contributed by atoms with E-state index in [1.54, 1.807) is 0 Å². The summed E-state index contributed by atoms with van der Waals surface area (Å²) < 4.78 is 5.29. The Bertz CT molecular complexity index is 183. The Morgan fingerprint density at radius 3 is 2.56 bits per heavy atom. The molecule has 0 saturated heterocycles. The van der Waals surface area contributed by atoms with Gasteiger partial charge >= 0.3 is 0 Å². The fourth-order valence-corrected chi connectivity index (χ4v) is 0.896. The van der Waals surface area contributed by atoms with Gasteiger partial charge in [-0.25, -0.2) is 0 Å². The molecule has 0 spiro atoms. The maximum Gasteiger partial charge on any atom is 0.114 e. The molecule has 0 aliphatic rings. The summed E-state index contributed by atoms with van der Waals surface area (Å²) in [7, 11) is 0. The van der Waals surface area contributed by atoms with Gasteiger partial charge in [-0.15, -0.1) is 12.6 Å². The molecule has 0 amide bonds. The zero-order valence-corrected chi connectivity index (χ0v) is 6.53. The fraction of sp³-hybridized carbons (Fsp3) is 0.429. The molecule has 0 radical (unpaired) electrons. The van der Waals surface area contributed by atoms with Crippen LogP contribution in [0.1, 0.15) is 18.4 Å². The Morgan fingerprint density at radius 1 is 1.67 bits per heavy atom. The summed E-state index contributed by atoms with van der Waals surface area (Å²) in [5.74, 6) is 1.92. The summed E-state index contributed by atoms with van der Waals surface area (Å²) in [5.41, 5.74) is 0. The van der Waals surface area contributed by atoms with Crippen LogP contribution in [0.25, 0.3) is 0 Å². The molecule has 0 atom stereocenters. The first kappa shape index (κ1) is 6.75. The van der Waals surface area contributed by atoms with Crippen LogP contribution in [-0.2, 0) is 6.42 Å². The van der Waals surface area contributed by atoms with E-state index < -0.39 is 0 Å². The number of aryl methyl sites for hydroxylation is 2. The van der Waals surface area contributed by atoms with Crippen LogP contribution in [0, 0.1) is 6.92 Å². The molecule has 9 heavy (non-hydrogen) atoms. The number of hydrogen-bond donors (Lipinski definition) is 1. The Labute approximate surface area is 60.5 Å². The highest BCUT2D eigenvalue weighted by Gasteiger charge is 1.99. The lowest BCUT2D eigenvalue weighted by atomic mass is 10.4. The molecule has 1 heterocycles. The normalized spacial score (nSPS) is 10.1. The number of rotatable bonds is 1. The Balaban J connectivity index is 2.98. The standard InChI is InChI=1S/C7H10OS/c1-3-6-4-7(9)5(2)8-6/h4,9H,3H2,1-2H3. The number of thiol groups is 1. The molecule has 0 aliphatic heterocycles. The van der Waals surface area contributed by atoms with Crippen molar-refractivity contribution in [1.29, 1.82) is 0 Å². The minimum Gasteiger partial charge on any atom is -0.465 e. The van der Waals surface area contributed by atoms with Crippen LogP contribution in [0.15, 0.2) is 15.4 Å². The highest BCUT2D eigenvalue weighted by Crippen LogP contribution is 2.17. The molecule has 0 aromatic carbocycles. The van der Waals surface area contributed by atoms with Gasteiger partial charge in [0, 0.05) is 11.3 Å². The predicted octanol–water partition coefficient (Wildman–Crippen LogP) is 2.44. The van der Waals surface area contributed by atoms with Gasteiger partial charge in [-0.05, 0) is 13.0 Å². The molecule has 0 aliphatic carbocycles. The van der Waals surface area contributed by atoms with Crippen LogP contribution in [0.3, 0.4) is 0 Å². The first-order valence-electron chi connectivity index (χ1n) is 3.02. The van der Waals surface area contributed by atoms with Crippen molar-refractivity contribution in [2.45, 2.75) is 25.2 Å². The smallest absolute Gasteiger partial charge is 0.114 e. The van der Waals surface area contributed by atoms with E-state index in [1.807, 2.05) is 13.0 Å². The van der Waals surface area contributed by atoms with Crippen molar-refractivity contribution in [2.24, 2.45) is 0 Å². The SMILES string of the molecule is CCc1cc(S)c(C)o1. The van der Waals surface area contributed by atoms with Gasteiger partial charge in [-0.3, -0.25) is 0 Å². The van der Waals surface area contributed by atoms with Crippen molar-refractivity contribution < 1.29 is 4.42 Å². The van der Waals surface area contributed by atoms with Gasteiger partial charge in [-0.1, -0.05) is 6.92 Å². The summed E-state index contributed by atoms with van der Waals surface area (Å²) in [4.78, 5) is 0.951. The molecule has 0 unspecified atom stereocenters. The van der Waals surface area contributed by atoms with Gasteiger partial charge in [0.2, 0.25) is 0 Å². The van der Waals surface area contributed by atoms with E-state index >= 15 is 0 Å². The molecule has 2 heteroatoms. The Hall–Kier alpha value is -0.370. The molecule has 1 aromatic heterocycles. The van der Waals surface area contributed by atoms with E-state index in [-0.39, 0.29) is 0 Å². The summed E-state index contributed by atoms with van der Waals surface area (Å²) in [5, 5.41) is 0. The van der Waals surface area contributed by atoms with Crippen molar-refractivity contribution in [2.75, 3.05) is 0 Å². The second-order valence-electron chi connectivity index (χ2n) is 2.01. The molecular weight excluding hydrogens is 132 g/mol. The molecule has 0 bridgehead atoms. The Morgan fingerprint density at radius 2 is 2.33 bits per heavy atom. The van der Waals surface area contributed by atoms with Crippen molar-refractivity contribution in [1.82, 2.24) is 0 Å². The predicted molar refractivity (Wildman–Crippen MR) is 40.1 cm³/mol. The lowest BCUT2D eigenvalue weighted by Crippen LogP contribution is -1.67. The third-order valence-corrected chi connectivity index (χ3v) is 1.74. The maximum atomic E-state index is 5.29. The minimum absolute atomic E-state index is 0.912. The van der Waals surface area contributed by atoms with Crippen molar-refractivity contribution >= 4 is 12.6 Å². The second kappa shape index (κ2) is 2.48. The average Bonchev–Trinajstić information content (AvgIpc) is 2.13. The second-order valence-corrected chi connectivity index (χ2v) is 2.49. The largest absolute Gasteiger partial charge is 0.465 e. The van der Waals surface area contributed by atoms with E-state index in [0.29, 0.717) is 0 Å². The molecule has 0 N–H and O–H groups in total. The average molecular weight is 142 g/mol. The zero-order chi connectivity index (χ0) is 6.85. The summed E-state index contributed by atoms with van der Waals surface area (Å²) in [6.07, 6.45) is 0.946. The molecule has 1 nitrogen and oxygen atoms in total.